The Bertz CT molecular complexity index is 631. The van der Waals surface area contributed by atoms with E-state index < -0.39 is 11.7 Å². The predicted molar refractivity (Wildman–Crippen MR) is 61.5 cm³/mol. The Morgan fingerprint density at radius 3 is 2.58 bits per heavy atom. The number of nitriles is 1. The van der Waals surface area contributed by atoms with Gasteiger partial charge in [0.25, 0.3) is 0 Å². The number of benzene rings is 1. The van der Waals surface area contributed by atoms with Gasteiger partial charge in [-0.15, -0.1) is 5.10 Å². The average molecular weight is 264 g/mol. The van der Waals surface area contributed by atoms with E-state index in [-0.39, 0.29) is 17.1 Å². The largest absolute Gasteiger partial charge is 0.418 e. The van der Waals surface area contributed by atoms with E-state index in [2.05, 4.69) is 15.5 Å². The first-order valence-corrected chi connectivity index (χ1v) is 5.17. The zero-order valence-electron chi connectivity index (χ0n) is 9.44. The monoisotopic (exact) mass is 264 g/mol. The summed E-state index contributed by atoms with van der Waals surface area (Å²) in [5, 5.41) is 18.5. The molecule has 1 N–H and O–H groups in total. The van der Waals surface area contributed by atoms with Crippen molar-refractivity contribution in [3.8, 4) is 6.07 Å². The summed E-state index contributed by atoms with van der Waals surface area (Å²) >= 11 is 0. The van der Waals surface area contributed by atoms with Gasteiger partial charge in [-0.25, -0.2) is 0 Å². The Hall–Kier alpha value is -2.62. The first kappa shape index (κ1) is 12.8. The normalized spacial score (nSPS) is 10.8. The molecule has 0 bridgehead atoms. The van der Waals surface area contributed by atoms with E-state index in [1.807, 2.05) is 6.07 Å². The lowest BCUT2D eigenvalue weighted by molar-refractivity contribution is -0.136. The molecule has 2 rings (SSSR count). The molecule has 4 nitrogen and oxygen atoms in total. The molecular formula is C12H7F3N4. The summed E-state index contributed by atoms with van der Waals surface area (Å²) in [4.78, 5) is 0. The van der Waals surface area contributed by atoms with Gasteiger partial charge in [-0.3, -0.25) is 0 Å². The first-order chi connectivity index (χ1) is 9.02. The van der Waals surface area contributed by atoms with Crippen LogP contribution in [0.3, 0.4) is 0 Å². The standard InChI is InChI=1S/C12H7F3N4/c13-12(14,15)9-3-1-2-4-10(9)18-11-8(7-16)5-6-17-19-11/h1-6H,(H,18,19). The van der Waals surface area contributed by atoms with Crippen molar-refractivity contribution in [2.45, 2.75) is 6.18 Å². The maximum Gasteiger partial charge on any atom is 0.418 e. The number of rotatable bonds is 2. The Balaban J connectivity index is 2.43. The van der Waals surface area contributed by atoms with Gasteiger partial charge in [-0.2, -0.15) is 23.5 Å². The summed E-state index contributed by atoms with van der Waals surface area (Å²) in [6, 6.07) is 8.15. The van der Waals surface area contributed by atoms with Crippen LogP contribution in [0.5, 0.6) is 0 Å². The molecule has 0 aliphatic rings. The molecule has 96 valence electrons. The minimum Gasteiger partial charge on any atom is -0.337 e. The Morgan fingerprint density at radius 2 is 1.89 bits per heavy atom. The molecule has 0 fully saturated rings. The molecule has 1 aromatic carbocycles. The third-order valence-corrected chi connectivity index (χ3v) is 2.33. The molecule has 0 aliphatic heterocycles. The third kappa shape index (κ3) is 2.80. The summed E-state index contributed by atoms with van der Waals surface area (Å²) in [5.41, 5.74) is -0.886. The lowest BCUT2D eigenvalue weighted by atomic mass is 10.1. The van der Waals surface area contributed by atoms with Crippen LogP contribution in [-0.2, 0) is 6.18 Å². The van der Waals surface area contributed by atoms with Crippen molar-refractivity contribution in [3.63, 3.8) is 0 Å². The average Bonchev–Trinajstić information content (AvgIpc) is 2.39. The molecule has 19 heavy (non-hydrogen) atoms. The van der Waals surface area contributed by atoms with E-state index in [9.17, 15) is 13.2 Å². The van der Waals surface area contributed by atoms with Crippen LogP contribution in [-0.4, -0.2) is 10.2 Å². The summed E-state index contributed by atoms with van der Waals surface area (Å²) in [5.74, 6) is -0.0123. The molecule has 0 unspecified atom stereocenters. The van der Waals surface area contributed by atoms with Crippen molar-refractivity contribution in [3.05, 3.63) is 47.7 Å². The van der Waals surface area contributed by atoms with Gasteiger partial charge >= 0.3 is 6.18 Å². The van der Waals surface area contributed by atoms with Crippen LogP contribution in [0.2, 0.25) is 0 Å². The van der Waals surface area contributed by atoms with Crippen molar-refractivity contribution in [2.24, 2.45) is 0 Å². The van der Waals surface area contributed by atoms with E-state index in [1.165, 1.54) is 30.5 Å². The smallest absolute Gasteiger partial charge is 0.337 e. The van der Waals surface area contributed by atoms with Crippen LogP contribution >= 0.6 is 0 Å². The predicted octanol–water partition coefficient (Wildman–Crippen LogP) is 3.11. The second-order valence-electron chi connectivity index (χ2n) is 3.57. The zero-order valence-corrected chi connectivity index (χ0v) is 9.44. The number of nitrogens with zero attached hydrogens (tertiary/aromatic N) is 3. The number of halogens is 3. The van der Waals surface area contributed by atoms with Gasteiger partial charge in [0.05, 0.1) is 23.0 Å². The highest BCUT2D eigenvalue weighted by molar-refractivity contribution is 5.65. The number of para-hydroxylation sites is 1. The summed E-state index contributed by atoms with van der Waals surface area (Å²) < 4.78 is 38.4. The van der Waals surface area contributed by atoms with Gasteiger partial charge in [-0.05, 0) is 18.2 Å². The number of hydrogen-bond acceptors (Lipinski definition) is 4. The first-order valence-electron chi connectivity index (χ1n) is 5.17. The van der Waals surface area contributed by atoms with Crippen LogP contribution in [0, 0.1) is 11.3 Å². The summed E-state index contributed by atoms with van der Waals surface area (Å²) in [6.07, 6.45) is -3.20. The number of hydrogen-bond donors (Lipinski definition) is 1. The number of nitrogens with one attached hydrogen (secondary N) is 1. The fraction of sp³-hybridized carbons (Fsp3) is 0.0833. The molecule has 1 aromatic heterocycles. The van der Waals surface area contributed by atoms with E-state index >= 15 is 0 Å². The molecule has 2 aromatic rings. The Morgan fingerprint density at radius 1 is 1.16 bits per heavy atom. The molecule has 1 heterocycles. The van der Waals surface area contributed by atoms with E-state index in [0.29, 0.717) is 0 Å². The minimum atomic E-state index is -4.49. The molecule has 0 spiro atoms. The third-order valence-electron chi connectivity index (χ3n) is 2.33. The Labute approximate surface area is 106 Å². The number of anilines is 2. The molecule has 0 amide bonds. The van der Waals surface area contributed by atoms with Crippen LogP contribution in [0.4, 0.5) is 24.7 Å². The lowest BCUT2D eigenvalue weighted by Gasteiger charge is -2.13. The molecule has 0 atom stereocenters. The van der Waals surface area contributed by atoms with Crippen LogP contribution in [0.25, 0.3) is 0 Å². The maximum atomic E-state index is 12.8. The fourth-order valence-electron chi connectivity index (χ4n) is 1.48. The van der Waals surface area contributed by atoms with Crippen LogP contribution < -0.4 is 5.32 Å². The molecule has 0 radical (unpaired) electrons. The van der Waals surface area contributed by atoms with Crippen molar-refractivity contribution in [1.29, 1.82) is 5.26 Å². The molecule has 0 saturated carbocycles. The van der Waals surface area contributed by atoms with Crippen molar-refractivity contribution in [1.82, 2.24) is 10.2 Å². The van der Waals surface area contributed by atoms with Gasteiger partial charge in [0.1, 0.15) is 6.07 Å². The molecule has 0 saturated heterocycles. The van der Waals surface area contributed by atoms with Gasteiger partial charge in [-0.1, -0.05) is 12.1 Å². The zero-order chi connectivity index (χ0) is 13.9. The highest BCUT2D eigenvalue weighted by atomic mass is 19.4. The summed E-state index contributed by atoms with van der Waals surface area (Å²) in [6.45, 7) is 0. The lowest BCUT2D eigenvalue weighted by Crippen LogP contribution is -2.09. The van der Waals surface area contributed by atoms with E-state index in [0.717, 1.165) is 6.07 Å². The maximum absolute atomic E-state index is 12.8. The molecular weight excluding hydrogens is 257 g/mol. The van der Waals surface area contributed by atoms with Gasteiger partial charge < -0.3 is 5.32 Å². The van der Waals surface area contributed by atoms with Crippen molar-refractivity contribution < 1.29 is 13.2 Å². The highest BCUT2D eigenvalue weighted by Crippen LogP contribution is 2.35. The number of aromatic nitrogens is 2. The highest BCUT2D eigenvalue weighted by Gasteiger charge is 2.33. The second-order valence-corrected chi connectivity index (χ2v) is 3.57. The summed E-state index contributed by atoms with van der Waals surface area (Å²) in [7, 11) is 0. The minimum absolute atomic E-state index is 0.0123. The SMILES string of the molecule is N#Cc1ccnnc1Nc1ccccc1C(F)(F)F. The molecule has 0 aliphatic carbocycles. The van der Waals surface area contributed by atoms with Crippen molar-refractivity contribution in [2.75, 3.05) is 5.32 Å². The second kappa shape index (κ2) is 4.94. The van der Waals surface area contributed by atoms with Crippen molar-refractivity contribution >= 4 is 11.5 Å². The van der Waals surface area contributed by atoms with Crippen LogP contribution in [0.15, 0.2) is 36.5 Å². The topological polar surface area (TPSA) is 61.6 Å². The van der Waals surface area contributed by atoms with E-state index in [1.54, 1.807) is 0 Å². The quantitative estimate of drug-likeness (QED) is 0.905. The van der Waals surface area contributed by atoms with E-state index in [4.69, 9.17) is 5.26 Å². The number of alkyl halides is 3. The van der Waals surface area contributed by atoms with Gasteiger partial charge in [0.2, 0.25) is 0 Å². The fourth-order valence-corrected chi connectivity index (χ4v) is 1.48. The van der Waals surface area contributed by atoms with Gasteiger partial charge in [0.15, 0.2) is 5.82 Å². The van der Waals surface area contributed by atoms with Gasteiger partial charge in [0, 0.05) is 0 Å². The Kier molecular flexibility index (Phi) is 3.33. The molecule has 7 heteroatoms. The van der Waals surface area contributed by atoms with Crippen LogP contribution in [0.1, 0.15) is 11.1 Å².